The van der Waals surface area contributed by atoms with Crippen LogP contribution in [0, 0.1) is 5.82 Å². The molecule has 3 nitrogen and oxygen atoms in total. The molecule has 0 spiro atoms. The van der Waals surface area contributed by atoms with E-state index in [1.807, 2.05) is 30.5 Å². The number of aryl methyl sites for hydroxylation is 1. The van der Waals surface area contributed by atoms with Gasteiger partial charge in [-0.25, -0.2) is 9.07 Å². The first-order valence-electron chi connectivity index (χ1n) is 6.54. The van der Waals surface area contributed by atoms with Gasteiger partial charge in [0.2, 0.25) is 0 Å². The number of halogens is 1. The third kappa shape index (κ3) is 2.32. The second kappa shape index (κ2) is 5.25. The highest BCUT2D eigenvalue weighted by Crippen LogP contribution is 2.20. The molecule has 0 N–H and O–H groups in total. The zero-order chi connectivity index (χ0) is 13.9. The summed E-state index contributed by atoms with van der Waals surface area (Å²) in [5.74, 6) is -0.272. The number of benzene rings is 2. The van der Waals surface area contributed by atoms with Crippen molar-refractivity contribution in [3.05, 3.63) is 66.1 Å². The molecule has 20 heavy (non-hydrogen) atoms. The minimum atomic E-state index is -0.272. The van der Waals surface area contributed by atoms with Crippen LogP contribution in [0.4, 0.5) is 4.39 Å². The summed E-state index contributed by atoms with van der Waals surface area (Å²) in [6.07, 6.45) is 2.74. The maximum absolute atomic E-state index is 13.2. The van der Waals surface area contributed by atoms with Gasteiger partial charge in [0.25, 0.3) is 0 Å². The van der Waals surface area contributed by atoms with Gasteiger partial charge in [0.15, 0.2) is 0 Å². The number of aromatic nitrogens is 3. The van der Waals surface area contributed by atoms with Crippen LogP contribution in [0.15, 0.2) is 54.7 Å². The number of para-hydroxylation sites is 1. The molecule has 0 saturated carbocycles. The molecule has 1 heterocycles. The highest BCUT2D eigenvalue weighted by Gasteiger charge is 2.08. The van der Waals surface area contributed by atoms with Gasteiger partial charge >= 0.3 is 0 Å². The van der Waals surface area contributed by atoms with E-state index in [1.54, 1.807) is 10.7 Å². The first kappa shape index (κ1) is 12.5. The Labute approximate surface area is 116 Å². The van der Waals surface area contributed by atoms with Gasteiger partial charge in [-0.05, 0) is 30.2 Å². The minimum absolute atomic E-state index is 0.272. The summed E-state index contributed by atoms with van der Waals surface area (Å²) in [7, 11) is 0. The van der Waals surface area contributed by atoms with Crippen LogP contribution in [0.2, 0.25) is 0 Å². The molecular weight excluding hydrogens is 253 g/mol. The van der Waals surface area contributed by atoms with Crippen molar-refractivity contribution < 1.29 is 4.39 Å². The molecule has 0 bridgehead atoms. The third-order valence-corrected chi connectivity index (χ3v) is 3.23. The Balaban J connectivity index is 2.02. The molecule has 2 aromatic carbocycles. The van der Waals surface area contributed by atoms with E-state index >= 15 is 0 Å². The Kier molecular flexibility index (Phi) is 3.29. The lowest BCUT2D eigenvalue weighted by atomic mass is 10.1. The highest BCUT2D eigenvalue weighted by atomic mass is 19.1. The first-order chi connectivity index (χ1) is 9.78. The van der Waals surface area contributed by atoms with Crippen LogP contribution in [0.25, 0.3) is 16.9 Å². The molecule has 0 fully saturated rings. The zero-order valence-corrected chi connectivity index (χ0v) is 11.1. The van der Waals surface area contributed by atoms with Crippen molar-refractivity contribution in [2.45, 2.75) is 13.3 Å². The Morgan fingerprint density at radius 2 is 1.95 bits per heavy atom. The molecule has 0 amide bonds. The summed E-state index contributed by atoms with van der Waals surface area (Å²) >= 11 is 0. The summed E-state index contributed by atoms with van der Waals surface area (Å²) in [6.45, 7) is 2.10. The zero-order valence-electron chi connectivity index (χ0n) is 11.1. The Hall–Kier alpha value is -2.49. The summed E-state index contributed by atoms with van der Waals surface area (Å²) in [5, 5.41) is 8.27. The summed E-state index contributed by atoms with van der Waals surface area (Å²) in [4.78, 5) is 0. The van der Waals surface area contributed by atoms with E-state index in [9.17, 15) is 4.39 Å². The lowest BCUT2D eigenvalue weighted by molar-refractivity contribution is 0.628. The number of rotatable bonds is 3. The average Bonchev–Trinajstić information content (AvgIpc) is 2.97. The second-order valence-corrected chi connectivity index (χ2v) is 4.54. The molecule has 1 aromatic heterocycles. The Morgan fingerprint density at radius 1 is 1.10 bits per heavy atom. The summed E-state index contributed by atoms with van der Waals surface area (Å²) in [6, 6.07) is 14.4. The molecule has 0 aliphatic rings. The fourth-order valence-corrected chi connectivity index (χ4v) is 2.19. The molecular formula is C16H14FN3. The number of hydrogen-bond donors (Lipinski definition) is 0. The quantitative estimate of drug-likeness (QED) is 0.725. The molecule has 3 aromatic rings. The second-order valence-electron chi connectivity index (χ2n) is 4.54. The van der Waals surface area contributed by atoms with Crippen molar-refractivity contribution in [1.82, 2.24) is 15.0 Å². The van der Waals surface area contributed by atoms with Crippen LogP contribution in [0.3, 0.4) is 0 Å². The van der Waals surface area contributed by atoms with Crippen molar-refractivity contribution in [2.24, 2.45) is 0 Å². The fraction of sp³-hybridized carbons (Fsp3) is 0.125. The van der Waals surface area contributed by atoms with E-state index < -0.39 is 0 Å². The van der Waals surface area contributed by atoms with Crippen LogP contribution in [0.5, 0.6) is 0 Å². The van der Waals surface area contributed by atoms with E-state index in [4.69, 9.17) is 0 Å². The van der Waals surface area contributed by atoms with Gasteiger partial charge in [0.1, 0.15) is 11.5 Å². The maximum atomic E-state index is 13.2. The van der Waals surface area contributed by atoms with Crippen LogP contribution < -0.4 is 0 Å². The van der Waals surface area contributed by atoms with Gasteiger partial charge in [-0.2, -0.15) is 0 Å². The standard InChI is InChI=1S/C16H14FN3/c1-2-12-6-3-4-9-16(12)20-11-15(18-19-20)13-7-5-8-14(17)10-13/h3-11H,2H2,1H3. The Morgan fingerprint density at radius 3 is 2.75 bits per heavy atom. The van der Waals surface area contributed by atoms with Crippen LogP contribution in [-0.4, -0.2) is 15.0 Å². The molecule has 0 saturated heterocycles. The average molecular weight is 267 g/mol. The molecule has 0 radical (unpaired) electrons. The molecule has 3 rings (SSSR count). The van der Waals surface area contributed by atoms with Gasteiger partial charge < -0.3 is 0 Å². The van der Waals surface area contributed by atoms with Crippen LogP contribution in [-0.2, 0) is 6.42 Å². The predicted octanol–water partition coefficient (Wildman–Crippen LogP) is 3.64. The van der Waals surface area contributed by atoms with Gasteiger partial charge in [0, 0.05) is 5.56 Å². The van der Waals surface area contributed by atoms with Crippen LogP contribution in [0.1, 0.15) is 12.5 Å². The molecule has 0 atom stereocenters. The Bertz CT molecular complexity index is 734. The van der Waals surface area contributed by atoms with E-state index in [0.29, 0.717) is 5.69 Å². The van der Waals surface area contributed by atoms with E-state index in [0.717, 1.165) is 17.7 Å². The monoisotopic (exact) mass is 267 g/mol. The van der Waals surface area contributed by atoms with Gasteiger partial charge in [0.05, 0.1) is 11.9 Å². The predicted molar refractivity (Wildman–Crippen MR) is 76.1 cm³/mol. The smallest absolute Gasteiger partial charge is 0.123 e. The van der Waals surface area contributed by atoms with E-state index in [-0.39, 0.29) is 5.82 Å². The molecule has 4 heteroatoms. The first-order valence-corrected chi connectivity index (χ1v) is 6.54. The third-order valence-electron chi connectivity index (χ3n) is 3.23. The maximum Gasteiger partial charge on any atom is 0.123 e. The topological polar surface area (TPSA) is 30.7 Å². The number of hydrogen-bond acceptors (Lipinski definition) is 2. The van der Waals surface area contributed by atoms with Gasteiger partial charge in [-0.3, -0.25) is 0 Å². The molecule has 100 valence electrons. The SMILES string of the molecule is CCc1ccccc1-n1cc(-c2cccc(F)c2)nn1. The molecule has 0 aliphatic carbocycles. The van der Waals surface area contributed by atoms with Crippen molar-refractivity contribution in [1.29, 1.82) is 0 Å². The highest BCUT2D eigenvalue weighted by molar-refractivity contribution is 5.58. The normalized spacial score (nSPS) is 10.7. The van der Waals surface area contributed by atoms with Gasteiger partial charge in [-0.1, -0.05) is 42.5 Å². The fourth-order valence-electron chi connectivity index (χ4n) is 2.19. The van der Waals surface area contributed by atoms with Crippen molar-refractivity contribution >= 4 is 0 Å². The summed E-state index contributed by atoms with van der Waals surface area (Å²) < 4.78 is 15.0. The van der Waals surface area contributed by atoms with E-state index in [2.05, 4.69) is 23.3 Å². The van der Waals surface area contributed by atoms with E-state index in [1.165, 1.54) is 17.7 Å². The van der Waals surface area contributed by atoms with Gasteiger partial charge in [-0.15, -0.1) is 5.10 Å². The van der Waals surface area contributed by atoms with Crippen molar-refractivity contribution in [3.8, 4) is 16.9 Å². The largest absolute Gasteiger partial charge is 0.220 e. The van der Waals surface area contributed by atoms with Crippen molar-refractivity contribution in [3.63, 3.8) is 0 Å². The molecule has 0 aliphatic heterocycles. The van der Waals surface area contributed by atoms with Crippen molar-refractivity contribution in [2.75, 3.05) is 0 Å². The minimum Gasteiger partial charge on any atom is -0.220 e. The van der Waals surface area contributed by atoms with Crippen LogP contribution >= 0.6 is 0 Å². The summed E-state index contributed by atoms with van der Waals surface area (Å²) in [5.41, 5.74) is 3.59. The molecule has 0 unspecified atom stereocenters. The lowest BCUT2D eigenvalue weighted by Crippen LogP contribution is -1.99. The lowest BCUT2D eigenvalue weighted by Gasteiger charge is -2.05. The number of nitrogens with zero attached hydrogens (tertiary/aromatic N) is 3.